The van der Waals surface area contributed by atoms with Gasteiger partial charge < -0.3 is 0 Å². The summed E-state index contributed by atoms with van der Waals surface area (Å²) in [6.07, 6.45) is 9.20. The minimum Gasteiger partial charge on any atom is -0.291 e. The van der Waals surface area contributed by atoms with Crippen molar-refractivity contribution in [3.05, 3.63) is 177 Å². The molecule has 7 heteroatoms. The third-order valence-electron chi connectivity index (χ3n) is 9.61. The Balaban J connectivity index is 1.02. The van der Waals surface area contributed by atoms with Crippen molar-refractivity contribution in [1.82, 2.24) is 34.1 Å². The van der Waals surface area contributed by atoms with Gasteiger partial charge in [0.1, 0.15) is 11.6 Å². The molecule has 0 radical (unpaired) electrons. The molecule has 10 aromatic rings. The van der Waals surface area contributed by atoms with E-state index in [0.29, 0.717) is 0 Å². The Morgan fingerprint density at radius 3 is 1.40 bits per heavy atom. The van der Waals surface area contributed by atoms with Crippen LogP contribution in [0.2, 0.25) is 0 Å². The average molecular weight is 668 g/mol. The first kappa shape index (κ1) is 29.6. The summed E-state index contributed by atoms with van der Waals surface area (Å²) in [5, 5.41) is 1.10. The van der Waals surface area contributed by atoms with Gasteiger partial charge in [0.15, 0.2) is 0 Å². The SMILES string of the molecule is c1cncc(-n2c(-c3ccc(-c4ccc(-c5ccc(-c6nc7ccccc7n6-c6cccnc6)cc5)c5ncccc45)cc3)nc3ccccc32)c1. The lowest BCUT2D eigenvalue weighted by Gasteiger charge is -2.13. The van der Waals surface area contributed by atoms with Gasteiger partial charge in [-0.2, -0.15) is 0 Å². The topological polar surface area (TPSA) is 74.3 Å². The summed E-state index contributed by atoms with van der Waals surface area (Å²) in [5.74, 6) is 1.75. The van der Waals surface area contributed by atoms with E-state index >= 15 is 0 Å². The lowest BCUT2D eigenvalue weighted by atomic mass is 9.94. The van der Waals surface area contributed by atoms with Crippen LogP contribution in [0, 0.1) is 0 Å². The van der Waals surface area contributed by atoms with Crippen molar-refractivity contribution in [1.29, 1.82) is 0 Å². The highest BCUT2D eigenvalue weighted by atomic mass is 15.1. The van der Waals surface area contributed by atoms with Gasteiger partial charge in [0.05, 0.1) is 51.4 Å². The molecule has 0 saturated carbocycles. The Labute approximate surface area is 299 Å². The lowest BCUT2D eigenvalue weighted by molar-refractivity contribution is 1.08. The van der Waals surface area contributed by atoms with Crippen molar-refractivity contribution < 1.29 is 0 Å². The van der Waals surface area contributed by atoms with Gasteiger partial charge in [0.25, 0.3) is 0 Å². The van der Waals surface area contributed by atoms with Crippen LogP contribution in [0.5, 0.6) is 0 Å². The number of hydrogen-bond acceptors (Lipinski definition) is 5. The lowest BCUT2D eigenvalue weighted by Crippen LogP contribution is -1.98. The van der Waals surface area contributed by atoms with E-state index in [1.807, 2.05) is 73.2 Å². The summed E-state index contributed by atoms with van der Waals surface area (Å²) >= 11 is 0. The van der Waals surface area contributed by atoms with Gasteiger partial charge in [-0.1, -0.05) is 91.0 Å². The molecule has 0 atom stereocenters. The first-order chi connectivity index (χ1) is 25.8. The number of hydrogen-bond donors (Lipinski definition) is 0. The maximum absolute atomic E-state index is 5.03. The molecule has 0 saturated heterocycles. The van der Waals surface area contributed by atoms with Crippen molar-refractivity contribution >= 4 is 33.0 Å². The van der Waals surface area contributed by atoms with Crippen LogP contribution < -0.4 is 0 Å². The van der Waals surface area contributed by atoms with E-state index in [1.54, 1.807) is 12.4 Å². The fraction of sp³-hybridized carbons (Fsp3) is 0. The van der Waals surface area contributed by atoms with E-state index in [4.69, 9.17) is 15.0 Å². The molecule has 7 nitrogen and oxygen atoms in total. The third-order valence-corrected chi connectivity index (χ3v) is 9.61. The molecule has 5 aromatic carbocycles. The second kappa shape index (κ2) is 12.3. The van der Waals surface area contributed by atoms with Crippen LogP contribution in [0.3, 0.4) is 0 Å². The fourth-order valence-electron chi connectivity index (χ4n) is 7.19. The summed E-state index contributed by atoms with van der Waals surface area (Å²) in [6.45, 7) is 0. The van der Waals surface area contributed by atoms with E-state index in [9.17, 15) is 0 Å². The summed E-state index contributed by atoms with van der Waals surface area (Å²) in [6, 6.07) is 50.2. The van der Waals surface area contributed by atoms with Crippen LogP contribution in [0.4, 0.5) is 0 Å². The fourth-order valence-corrected chi connectivity index (χ4v) is 7.19. The van der Waals surface area contributed by atoms with Crippen LogP contribution in [-0.4, -0.2) is 34.1 Å². The van der Waals surface area contributed by atoms with Crippen LogP contribution in [-0.2, 0) is 0 Å². The molecule has 5 heterocycles. The molecule has 0 N–H and O–H groups in total. The first-order valence-electron chi connectivity index (χ1n) is 17.2. The number of para-hydroxylation sites is 4. The molecule has 0 spiro atoms. The Hall–Kier alpha value is -7.25. The van der Waals surface area contributed by atoms with Gasteiger partial charge >= 0.3 is 0 Å². The molecule has 52 heavy (non-hydrogen) atoms. The van der Waals surface area contributed by atoms with Gasteiger partial charge in [-0.05, 0) is 71.3 Å². The normalized spacial score (nSPS) is 11.5. The first-order valence-corrected chi connectivity index (χ1v) is 17.2. The molecule has 0 unspecified atom stereocenters. The largest absolute Gasteiger partial charge is 0.291 e. The number of nitrogens with zero attached hydrogens (tertiary/aromatic N) is 7. The summed E-state index contributed by atoms with van der Waals surface area (Å²) in [5.41, 5.74) is 13.3. The predicted molar refractivity (Wildman–Crippen MR) is 208 cm³/mol. The standard InChI is InChI=1S/C45H29N7/c1-3-13-41-39(11-1)49-44(51(41)34-8-5-25-46-28-34)32-19-15-30(16-20-32)36-23-24-37(43-38(36)10-7-27-48-43)31-17-21-33(22-18-31)45-50-40-12-2-4-14-42(40)52(45)35-9-6-26-47-29-35/h1-29H. The van der Waals surface area contributed by atoms with Crippen LogP contribution >= 0.6 is 0 Å². The number of benzene rings is 5. The summed E-state index contributed by atoms with van der Waals surface area (Å²) in [7, 11) is 0. The zero-order valence-corrected chi connectivity index (χ0v) is 27.9. The zero-order valence-electron chi connectivity index (χ0n) is 27.9. The van der Waals surface area contributed by atoms with Crippen LogP contribution in [0.15, 0.2) is 177 Å². The highest BCUT2D eigenvalue weighted by Crippen LogP contribution is 2.37. The Morgan fingerprint density at radius 1 is 0.385 bits per heavy atom. The molecular weight excluding hydrogens is 639 g/mol. The Bertz CT molecular complexity index is 2680. The third kappa shape index (κ3) is 4.95. The molecule has 0 fully saturated rings. The molecule has 0 aliphatic heterocycles. The van der Waals surface area contributed by atoms with Crippen molar-refractivity contribution in [3.8, 4) is 56.4 Å². The summed E-state index contributed by atoms with van der Waals surface area (Å²) < 4.78 is 4.34. The average Bonchev–Trinajstić information content (AvgIpc) is 3.81. The minimum atomic E-state index is 0.874. The Kier molecular flexibility index (Phi) is 6.99. The van der Waals surface area contributed by atoms with Gasteiger partial charge in [-0.3, -0.25) is 24.1 Å². The smallest absolute Gasteiger partial charge is 0.145 e. The zero-order chi connectivity index (χ0) is 34.4. The van der Waals surface area contributed by atoms with E-state index in [2.05, 4.69) is 110 Å². The van der Waals surface area contributed by atoms with E-state index in [1.165, 1.54) is 0 Å². The number of pyridine rings is 3. The molecule has 5 aromatic heterocycles. The molecule has 0 amide bonds. The van der Waals surface area contributed by atoms with Crippen LogP contribution in [0.25, 0.3) is 89.4 Å². The quantitative estimate of drug-likeness (QED) is 0.176. The minimum absolute atomic E-state index is 0.874. The van der Waals surface area contributed by atoms with E-state index in [0.717, 1.165) is 89.4 Å². The number of fused-ring (bicyclic) bond motifs is 3. The molecule has 10 rings (SSSR count). The van der Waals surface area contributed by atoms with E-state index < -0.39 is 0 Å². The molecular formula is C45H29N7. The molecule has 0 bridgehead atoms. The van der Waals surface area contributed by atoms with Gasteiger partial charge in [-0.15, -0.1) is 0 Å². The van der Waals surface area contributed by atoms with Gasteiger partial charge in [0, 0.05) is 40.7 Å². The number of aromatic nitrogens is 7. The molecule has 0 aliphatic rings. The molecule has 0 aliphatic carbocycles. The van der Waals surface area contributed by atoms with Gasteiger partial charge in [-0.25, -0.2) is 9.97 Å². The second-order valence-electron chi connectivity index (χ2n) is 12.7. The van der Waals surface area contributed by atoms with Crippen LogP contribution in [0.1, 0.15) is 0 Å². The van der Waals surface area contributed by atoms with Gasteiger partial charge in [0.2, 0.25) is 0 Å². The van der Waals surface area contributed by atoms with E-state index in [-0.39, 0.29) is 0 Å². The highest BCUT2D eigenvalue weighted by Gasteiger charge is 2.17. The predicted octanol–water partition coefficient (Wildman–Crippen LogP) is 10.4. The van der Waals surface area contributed by atoms with Crippen molar-refractivity contribution in [2.75, 3.05) is 0 Å². The maximum Gasteiger partial charge on any atom is 0.145 e. The summed E-state index contributed by atoms with van der Waals surface area (Å²) in [4.78, 5) is 23.7. The maximum atomic E-state index is 5.03. The van der Waals surface area contributed by atoms with Crippen molar-refractivity contribution in [2.24, 2.45) is 0 Å². The Morgan fingerprint density at radius 2 is 0.865 bits per heavy atom. The molecule has 244 valence electrons. The van der Waals surface area contributed by atoms with Crippen molar-refractivity contribution in [3.63, 3.8) is 0 Å². The highest BCUT2D eigenvalue weighted by molar-refractivity contribution is 6.03. The number of imidazole rings is 2. The number of rotatable bonds is 6. The second-order valence-corrected chi connectivity index (χ2v) is 12.7. The monoisotopic (exact) mass is 667 g/mol. The van der Waals surface area contributed by atoms with Crippen molar-refractivity contribution in [2.45, 2.75) is 0 Å².